The molecule has 2 nitrogen and oxygen atoms in total. The van der Waals surface area contributed by atoms with Gasteiger partial charge in [0, 0.05) is 11.5 Å². The summed E-state index contributed by atoms with van der Waals surface area (Å²) in [5, 5.41) is 0. The predicted molar refractivity (Wildman–Crippen MR) is 77.9 cm³/mol. The van der Waals surface area contributed by atoms with Crippen molar-refractivity contribution in [3.63, 3.8) is 0 Å². The minimum Gasteiger partial charge on any atom is -0.490 e. The van der Waals surface area contributed by atoms with Gasteiger partial charge in [0.05, 0.1) is 35.2 Å². The first kappa shape index (κ1) is 12.4. The van der Waals surface area contributed by atoms with E-state index in [2.05, 4.69) is 3.21 Å². The first-order valence-electron chi connectivity index (χ1n) is 6.39. The quantitative estimate of drug-likeness (QED) is 0.571. The van der Waals surface area contributed by atoms with Crippen molar-refractivity contribution in [1.82, 2.24) is 0 Å². The molecule has 0 unspecified atom stereocenters. The summed E-state index contributed by atoms with van der Waals surface area (Å²) in [5.41, 5.74) is 2.07. The molecule has 0 bridgehead atoms. The topological polar surface area (TPSA) is 21.6 Å². The minimum absolute atomic E-state index is 0.275. The fourth-order valence-electron chi connectivity index (χ4n) is 1.98. The van der Waals surface area contributed by atoms with Gasteiger partial charge in [0.2, 0.25) is 0 Å². The molecule has 3 rings (SSSR count). The summed E-state index contributed by atoms with van der Waals surface area (Å²) >= 11 is 2.02. The van der Waals surface area contributed by atoms with Crippen molar-refractivity contribution >= 4 is 28.6 Å². The number of hydrogen-bond donors (Lipinski definition) is 0. The van der Waals surface area contributed by atoms with Crippen LogP contribution in [0.25, 0.3) is 0 Å². The number of halogens is 2. The third-order valence-electron chi connectivity index (χ3n) is 3.45. The van der Waals surface area contributed by atoms with Crippen LogP contribution in [-0.4, -0.2) is 12.3 Å². The lowest BCUT2D eigenvalue weighted by Gasteiger charge is -2.09. The molecule has 2 aliphatic rings. The van der Waals surface area contributed by atoms with E-state index < -0.39 is 0 Å². The molecule has 0 atom stereocenters. The Balaban J connectivity index is 1.79. The summed E-state index contributed by atoms with van der Waals surface area (Å²) < 4.78 is 23.5. The Kier molecular flexibility index (Phi) is 3.54. The van der Waals surface area contributed by atoms with Crippen LogP contribution in [0.1, 0.15) is 31.2 Å². The van der Waals surface area contributed by atoms with Gasteiger partial charge in [0.25, 0.3) is 0 Å². The van der Waals surface area contributed by atoms with Gasteiger partial charge in [-0.3, -0.25) is 0 Å². The lowest BCUT2D eigenvalue weighted by atomic mass is 10.1. The summed E-state index contributed by atoms with van der Waals surface area (Å²) in [5.74, 6) is 1.29. The molecule has 0 heterocycles. The van der Waals surface area contributed by atoms with Gasteiger partial charge in [-0.25, -0.2) is 7.60 Å². The fourth-order valence-corrected chi connectivity index (χ4v) is 2.65. The average Bonchev–Trinajstić information content (AvgIpc) is 3.24. The van der Waals surface area contributed by atoms with Crippen LogP contribution in [0.3, 0.4) is 0 Å². The zero-order valence-electron chi connectivity index (χ0n) is 10.0. The molecule has 0 aromatic heterocycles. The summed E-state index contributed by atoms with van der Waals surface area (Å²) in [7, 11) is 0. The van der Waals surface area contributed by atoms with Crippen molar-refractivity contribution in [3.8, 4) is 5.75 Å². The van der Waals surface area contributed by atoms with Crippen LogP contribution in [0.15, 0.2) is 21.4 Å². The Morgan fingerprint density at radius 1 is 1.33 bits per heavy atom. The molecule has 2 aliphatic carbocycles. The maximum atomic E-state index is 13.7. The molecule has 2 saturated carbocycles. The Bertz CT molecular complexity index is 481. The minimum atomic E-state index is -0.275. The second-order valence-corrected chi connectivity index (χ2v) is 5.63. The molecular weight excluding hydrogens is 344 g/mol. The first-order chi connectivity index (χ1) is 8.78. The molecule has 0 radical (unpaired) electrons. The highest BCUT2D eigenvalue weighted by Gasteiger charge is 2.29. The van der Waals surface area contributed by atoms with E-state index in [4.69, 9.17) is 4.74 Å². The second-order valence-electron chi connectivity index (χ2n) is 5.14. The van der Waals surface area contributed by atoms with Gasteiger partial charge in [0.1, 0.15) is 0 Å². The molecule has 96 valence electrons. The van der Waals surface area contributed by atoms with Gasteiger partial charge in [-0.2, -0.15) is 0 Å². The smallest absolute Gasteiger partial charge is 0.165 e. The van der Waals surface area contributed by atoms with E-state index in [0.29, 0.717) is 24.2 Å². The third kappa shape index (κ3) is 2.84. The molecule has 2 fully saturated rings. The van der Waals surface area contributed by atoms with Crippen molar-refractivity contribution in [2.45, 2.75) is 25.7 Å². The van der Waals surface area contributed by atoms with E-state index >= 15 is 0 Å². The van der Waals surface area contributed by atoms with E-state index in [1.54, 1.807) is 12.1 Å². The molecule has 1 aromatic carbocycles. The number of hydrogen-bond acceptors (Lipinski definition) is 2. The Morgan fingerprint density at radius 2 is 2.11 bits per heavy atom. The highest BCUT2D eigenvalue weighted by molar-refractivity contribution is 14.1. The molecule has 0 aliphatic heterocycles. The van der Waals surface area contributed by atoms with Gasteiger partial charge >= 0.3 is 0 Å². The van der Waals surface area contributed by atoms with Crippen LogP contribution in [0.5, 0.6) is 5.75 Å². The molecule has 1 aromatic rings. The van der Waals surface area contributed by atoms with E-state index in [0.717, 1.165) is 11.3 Å². The Hall–Kier alpha value is -0.650. The van der Waals surface area contributed by atoms with Gasteiger partial charge in [-0.15, -0.1) is 0 Å². The number of nitrogens with zero attached hydrogens (tertiary/aromatic N) is 1. The maximum Gasteiger partial charge on any atom is 0.165 e. The van der Waals surface area contributed by atoms with Gasteiger partial charge in [-0.05, 0) is 49.8 Å². The number of benzene rings is 1. The van der Waals surface area contributed by atoms with Gasteiger partial charge in [-0.1, -0.05) is 0 Å². The lowest BCUT2D eigenvalue weighted by molar-refractivity contribution is 0.285. The molecule has 0 amide bonds. The highest BCUT2D eigenvalue weighted by Crippen LogP contribution is 2.35. The van der Waals surface area contributed by atoms with Crippen LogP contribution in [0, 0.1) is 17.7 Å². The van der Waals surface area contributed by atoms with Crippen LogP contribution in [0.4, 0.5) is 4.39 Å². The van der Waals surface area contributed by atoms with E-state index in [9.17, 15) is 4.39 Å². The summed E-state index contributed by atoms with van der Waals surface area (Å²) in [6.07, 6.45) is 4.81. The van der Waals surface area contributed by atoms with Crippen LogP contribution >= 0.6 is 22.9 Å². The summed E-state index contributed by atoms with van der Waals surface area (Å²) in [4.78, 5) is 0. The zero-order valence-corrected chi connectivity index (χ0v) is 12.2. The molecule has 18 heavy (non-hydrogen) atoms. The van der Waals surface area contributed by atoms with Gasteiger partial charge in [0.15, 0.2) is 11.6 Å². The molecular formula is C14H15FINO. The van der Waals surface area contributed by atoms with Crippen molar-refractivity contribution in [1.29, 1.82) is 0 Å². The lowest BCUT2D eigenvalue weighted by Crippen LogP contribution is -2.05. The Morgan fingerprint density at radius 3 is 2.72 bits per heavy atom. The maximum absolute atomic E-state index is 13.7. The summed E-state index contributed by atoms with van der Waals surface area (Å²) in [6.45, 7) is 0.639. The predicted octanol–water partition coefficient (Wildman–Crippen LogP) is 4.16. The van der Waals surface area contributed by atoms with Crippen molar-refractivity contribution < 1.29 is 9.13 Å². The summed E-state index contributed by atoms with van der Waals surface area (Å²) in [6, 6.07) is 5.09. The monoisotopic (exact) mass is 359 g/mol. The second kappa shape index (κ2) is 5.15. The van der Waals surface area contributed by atoms with Crippen molar-refractivity contribution in [2.24, 2.45) is 15.0 Å². The normalized spacial score (nSPS) is 20.0. The van der Waals surface area contributed by atoms with Crippen molar-refractivity contribution in [2.75, 3.05) is 6.61 Å². The molecule has 0 N–H and O–H groups in total. The zero-order chi connectivity index (χ0) is 12.5. The molecule has 0 saturated heterocycles. The third-order valence-corrected chi connectivity index (χ3v) is 3.97. The molecule has 0 spiro atoms. The molecule has 4 heteroatoms. The van der Waals surface area contributed by atoms with E-state index in [1.807, 2.05) is 22.9 Å². The SMILES string of the molecule is Fc1ccc(/C(=N/I)C2CC2)cc1OCC1CC1. The van der Waals surface area contributed by atoms with E-state index in [1.165, 1.54) is 31.7 Å². The fraction of sp³-hybridized carbons (Fsp3) is 0.500. The van der Waals surface area contributed by atoms with Crippen molar-refractivity contribution in [3.05, 3.63) is 29.6 Å². The first-order valence-corrected chi connectivity index (χ1v) is 7.36. The van der Waals surface area contributed by atoms with Crippen LogP contribution in [0.2, 0.25) is 0 Å². The average molecular weight is 359 g/mol. The van der Waals surface area contributed by atoms with Gasteiger partial charge < -0.3 is 4.74 Å². The standard InChI is InChI=1S/C14H15FINO/c15-12-6-5-11(14(17-16)10-3-4-10)7-13(12)18-8-9-1-2-9/h5-7,9-10H,1-4,8H2/b17-14+. The van der Waals surface area contributed by atoms with Crippen LogP contribution in [-0.2, 0) is 0 Å². The number of rotatable bonds is 5. The highest BCUT2D eigenvalue weighted by atomic mass is 127. The van der Waals surface area contributed by atoms with E-state index in [-0.39, 0.29) is 5.82 Å². The largest absolute Gasteiger partial charge is 0.490 e. The Labute approximate surface area is 120 Å². The number of ether oxygens (including phenoxy) is 1. The van der Waals surface area contributed by atoms with Crippen LogP contribution < -0.4 is 4.74 Å².